The summed E-state index contributed by atoms with van der Waals surface area (Å²) in [5.74, 6) is 0.217. The highest BCUT2D eigenvalue weighted by atomic mass is 79.9. The Morgan fingerprint density at radius 3 is 2.88 bits per heavy atom. The fraction of sp³-hybridized carbons (Fsp3) is 0.273. The Hall–Kier alpha value is -1.56. The lowest BCUT2D eigenvalue weighted by Gasteiger charge is -2.11. The van der Waals surface area contributed by atoms with E-state index < -0.39 is 5.97 Å². The van der Waals surface area contributed by atoms with Gasteiger partial charge in [-0.1, -0.05) is 0 Å². The first-order valence-corrected chi connectivity index (χ1v) is 5.81. The minimum Gasteiger partial charge on any atom is -0.477 e. The molecule has 17 heavy (non-hydrogen) atoms. The molecular formula is C11H11BrN2O3. The molecular weight excluding hydrogens is 288 g/mol. The topological polar surface area (TPSA) is 68.3 Å². The molecule has 0 saturated heterocycles. The third-order valence-electron chi connectivity index (χ3n) is 2.45. The molecule has 1 atom stereocenters. The van der Waals surface area contributed by atoms with Crippen LogP contribution in [0.1, 0.15) is 35.1 Å². The summed E-state index contributed by atoms with van der Waals surface area (Å²) in [5.41, 5.74) is 0.195. The number of nitrogens with zero attached hydrogens (tertiary/aromatic N) is 2. The van der Waals surface area contributed by atoms with Gasteiger partial charge in [-0.3, -0.25) is 0 Å². The SMILES string of the molecule is Cc1cnc(C(C)n2cc(Br)cc2C(=O)O)o1. The molecule has 0 fully saturated rings. The van der Waals surface area contributed by atoms with Crippen LogP contribution in [0.5, 0.6) is 0 Å². The minimum absolute atomic E-state index is 0.195. The van der Waals surface area contributed by atoms with Gasteiger partial charge >= 0.3 is 5.97 Å². The second kappa shape index (κ2) is 4.37. The molecule has 0 radical (unpaired) electrons. The van der Waals surface area contributed by atoms with Crippen LogP contribution >= 0.6 is 15.9 Å². The molecule has 0 bridgehead atoms. The van der Waals surface area contributed by atoms with Crippen molar-refractivity contribution in [3.05, 3.63) is 40.3 Å². The number of hydrogen-bond donors (Lipinski definition) is 1. The zero-order valence-electron chi connectivity index (χ0n) is 9.35. The minimum atomic E-state index is -0.981. The smallest absolute Gasteiger partial charge is 0.352 e. The lowest BCUT2D eigenvalue weighted by Crippen LogP contribution is -2.13. The predicted octanol–water partition coefficient (Wildman–Crippen LogP) is 2.85. The molecule has 1 N–H and O–H groups in total. The van der Waals surface area contributed by atoms with E-state index in [1.807, 2.05) is 6.92 Å². The Labute approximate surface area is 106 Å². The number of aromatic nitrogens is 2. The van der Waals surface area contributed by atoms with E-state index in [-0.39, 0.29) is 11.7 Å². The lowest BCUT2D eigenvalue weighted by molar-refractivity contribution is 0.0683. The maximum absolute atomic E-state index is 11.1. The highest BCUT2D eigenvalue weighted by Gasteiger charge is 2.20. The van der Waals surface area contributed by atoms with E-state index in [1.54, 1.807) is 30.0 Å². The van der Waals surface area contributed by atoms with Gasteiger partial charge in [0.1, 0.15) is 17.5 Å². The van der Waals surface area contributed by atoms with Crippen molar-refractivity contribution in [1.29, 1.82) is 0 Å². The van der Waals surface area contributed by atoms with Crippen LogP contribution in [0.4, 0.5) is 0 Å². The van der Waals surface area contributed by atoms with E-state index in [9.17, 15) is 4.79 Å². The third-order valence-corrected chi connectivity index (χ3v) is 2.88. The number of rotatable bonds is 3. The second-order valence-corrected chi connectivity index (χ2v) is 4.66. The summed E-state index contributed by atoms with van der Waals surface area (Å²) in [6.45, 7) is 3.64. The van der Waals surface area contributed by atoms with Crippen molar-refractivity contribution in [2.45, 2.75) is 19.9 Å². The van der Waals surface area contributed by atoms with Crippen LogP contribution in [0, 0.1) is 6.92 Å². The molecule has 2 rings (SSSR count). The van der Waals surface area contributed by atoms with E-state index in [1.165, 1.54) is 0 Å². The molecule has 2 aromatic rings. The van der Waals surface area contributed by atoms with Crippen LogP contribution in [-0.4, -0.2) is 20.6 Å². The first kappa shape index (κ1) is 11.9. The molecule has 90 valence electrons. The largest absolute Gasteiger partial charge is 0.477 e. The molecule has 5 nitrogen and oxygen atoms in total. The van der Waals surface area contributed by atoms with E-state index >= 15 is 0 Å². The van der Waals surface area contributed by atoms with Crippen molar-refractivity contribution in [2.24, 2.45) is 0 Å². The van der Waals surface area contributed by atoms with Crippen LogP contribution in [0.2, 0.25) is 0 Å². The average Bonchev–Trinajstić information content (AvgIpc) is 2.83. The van der Waals surface area contributed by atoms with Gasteiger partial charge in [-0.2, -0.15) is 0 Å². The fourth-order valence-electron chi connectivity index (χ4n) is 1.62. The van der Waals surface area contributed by atoms with Crippen molar-refractivity contribution in [2.75, 3.05) is 0 Å². The molecule has 0 aromatic carbocycles. The van der Waals surface area contributed by atoms with Gasteiger partial charge in [-0.15, -0.1) is 0 Å². The summed E-state index contributed by atoms with van der Waals surface area (Å²) in [6, 6.07) is 1.29. The molecule has 0 aliphatic heterocycles. The summed E-state index contributed by atoms with van der Waals surface area (Å²) in [6.07, 6.45) is 3.32. The summed E-state index contributed by atoms with van der Waals surface area (Å²) in [7, 11) is 0. The first-order chi connectivity index (χ1) is 7.99. The van der Waals surface area contributed by atoms with Crippen molar-refractivity contribution in [3.63, 3.8) is 0 Å². The standard InChI is InChI=1S/C11H11BrN2O3/c1-6-4-13-10(17-6)7(2)14-5-8(12)3-9(14)11(15)16/h3-5,7H,1-2H3,(H,15,16). The van der Waals surface area contributed by atoms with Crippen molar-refractivity contribution >= 4 is 21.9 Å². The molecule has 2 aromatic heterocycles. The van der Waals surface area contributed by atoms with Gasteiger partial charge in [0, 0.05) is 10.7 Å². The number of carbonyl (C=O) groups is 1. The number of carboxylic acid groups (broad SMARTS) is 1. The van der Waals surface area contributed by atoms with E-state index in [0.29, 0.717) is 16.1 Å². The zero-order valence-corrected chi connectivity index (χ0v) is 10.9. The molecule has 0 amide bonds. The average molecular weight is 299 g/mol. The Morgan fingerprint density at radius 1 is 1.65 bits per heavy atom. The van der Waals surface area contributed by atoms with Gasteiger partial charge in [-0.05, 0) is 35.8 Å². The van der Waals surface area contributed by atoms with Crippen LogP contribution in [-0.2, 0) is 0 Å². The quantitative estimate of drug-likeness (QED) is 0.946. The molecule has 2 heterocycles. The van der Waals surface area contributed by atoms with Crippen LogP contribution in [0.3, 0.4) is 0 Å². The number of carboxylic acids is 1. The van der Waals surface area contributed by atoms with Gasteiger partial charge in [0.15, 0.2) is 0 Å². The summed E-state index contributed by atoms with van der Waals surface area (Å²) in [4.78, 5) is 15.2. The maximum atomic E-state index is 11.1. The van der Waals surface area contributed by atoms with Crippen molar-refractivity contribution in [1.82, 2.24) is 9.55 Å². The predicted molar refractivity (Wildman–Crippen MR) is 64.1 cm³/mol. The Balaban J connectivity index is 2.43. The highest BCUT2D eigenvalue weighted by Crippen LogP contribution is 2.24. The number of halogens is 1. The second-order valence-electron chi connectivity index (χ2n) is 3.74. The fourth-order valence-corrected chi connectivity index (χ4v) is 2.06. The molecule has 0 saturated carbocycles. The van der Waals surface area contributed by atoms with Crippen LogP contribution < -0.4 is 0 Å². The number of aryl methyl sites for hydroxylation is 1. The van der Waals surface area contributed by atoms with E-state index in [2.05, 4.69) is 20.9 Å². The maximum Gasteiger partial charge on any atom is 0.352 e. The third kappa shape index (κ3) is 2.26. The highest BCUT2D eigenvalue weighted by molar-refractivity contribution is 9.10. The van der Waals surface area contributed by atoms with Gasteiger partial charge in [0.2, 0.25) is 5.89 Å². The number of aromatic carboxylic acids is 1. The Kier molecular flexibility index (Phi) is 3.06. The van der Waals surface area contributed by atoms with Crippen molar-refractivity contribution in [3.8, 4) is 0 Å². The van der Waals surface area contributed by atoms with Crippen LogP contribution in [0.25, 0.3) is 0 Å². The zero-order chi connectivity index (χ0) is 12.6. The summed E-state index contributed by atoms with van der Waals surface area (Å²) in [5, 5.41) is 9.09. The number of hydrogen-bond acceptors (Lipinski definition) is 3. The first-order valence-electron chi connectivity index (χ1n) is 5.02. The van der Waals surface area contributed by atoms with E-state index in [0.717, 1.165) is 0 Å². The Morgan fingerprint density at radius 2 is 2.35 bits per heavy atom. The monoisotopic (exact) mass is 298 g/mol. The molecule has 1 unspecified atom stereocenters. The molecule has 0 aliphatic carbocycles. The van der Waals surface area contributed by atoms with Gasteiger partial charge in [-0.25, -0.2) is 9.78 Å². The van der Waals surface area contributed by atoms with Gasteiger partial charge in [0.25, 0.3) is 0 Å². The van der Waals surface area contributed by atoms with Gasteiger partial charge < -0.3 is 14.1 Å². The molecule has 0 spiro atoms. The molecule has 0 aliphatic rings. The van der Waals surface area contributed by atoms with E-state index in [4.69, 9.17) is 9.52 Å². The summed E-state index contributed by atoms with van der Waals surface area (Å²) >= 11 is 3.26. The normalized spacial score (nSPS) is 12.6. The number of oxazole rings is 1. The van der Waals surface area contributed by atoms with Gasteiger partial charge in [0.05, 0.1) is 6.20 Å². The molecule has 6 heteroatoms. The van der Waals surface area contributed by atoms with Crippen LogP contribution in [0.15, 0.2) is 27.3 Å². The Bertz CT molecular complexity index is 559. The lowest BCUT2D eigenvalue weighted by atomic mass is 10.3. The van der Waals surface area contributed by atoms with Crippen molar-refractivity contribution < 1.29 is 14.3 Å². The summed E-state index contributed by atoms with van der Waals surface area (Å²) < 4.78 is 7.73.